The molecule has 122 valence electrons. The van der Waals surface area contributed by atoms with Gasteiger partial charge < -0.3 is 10.2 Å². The first kappa shape index (κ1) is 15.7. The highest BCUT2D eigenvalue weighted by Gasteiger charge is 2.31. The number of rotatable bonds is 4. The van der Waals surface area contributed by atoms with Gasteiger partial charge in [0.15, 0.2) is 0 Å². The SMILES string of the molecule is CCN(Cc1cccc(F)c1)C(=O)C1NCCc2c1cnn2C. The Morgan fingerprint density at radius 2 is 2.35 bits per heavy atom. The zero-order valence-corrected chi connectivity index (χ0v) is 13.4. The lowest BCUT2D eigenvalue weighted by Crippen LogP contribution is -2.43. The van der Waals surface area contributed by atoms with Crippen LogP contribution >= 0.6 is 0 Å². The molecule has 0 fully saturated rings. The number of nitrogens with zero attached hydrogens (tertiary/aromatic N) is 3. The van der Waals surface area contributed by atoms with Gasteiger partial charge in [0.1, 0.15) is 11.9 Å². The van der Waals surface area contributed by atoms with Crippen LogP contribution in [0.2, 0.25) is 0 Å². The summed E-state index contributed by atoms with van der Waals surface area (Å²) in [4.78, 5) is 14.7. The van der Waals surface area contributed by atoms with Crippen molar-refractivity contribution in [2.45, 2.75) is 25.9 Å². The molecule has 5 nitrogen and oxygen atoms in total. The van der Waals surface area contributed by atoms with Crippen molar-refractivity contribution in [3.63, 3.8) is 0 Å². The van der Waals surface area contributed by atoms with E-state index in [1.165, 1.54) is 12.1 Å². The fourth-order valence-electron chi connectivity index (χ4n) is 3.08. The van der Waals surface area contributed by atoms with E-state index in [9.17, 15) is 9.18 Å². The van der Waals surface area contributed by atoms with Gasteiger partial charge in [-0.15, -0.1) is 0 Å². The minimum absolute atomic E-state index is 0.00529. The van der Waals surface area contributed by atoms with Gasteiger partial charge in [-0.2, -0.15) is 5.10 Å². The topological polar surface area (TPSA) is 50.2 Å². The molecule has 0 aliphatic carbocycles. The molecule has 0 spiro atoms. The van der Waals surface area contributed by atoms with E-state index < -0.39 is 0 Å². The van der Waals surface area contributed by atoms with E-state index in [4.69, 9.17) is 0 Å². The van der Waals surface area contributed by atoms with Crippen LogP contribution in [-0.4, -0.2) is 33.7 Å². The zero-order chi connectivity index (χ0) is 16.4. The average Bonchev–Trinajstić information content (AvgIpc) is 2.93. The maximum absolute atomic E-state index is 13.4. The van der Waals surface area contributed by atoms with Crippen LogP contribution in [-0.2, 0) is 24.8 Å². The number of fused-ring (bicyclic) bond motifs is 1. The summed E-state index contributed by atoms with van der Waals surface area (Å²) in [5.74, 6) is -0.276. The summed E-state index contributed by atoms with van der Waals surface area (Å²) in [6, 6.07) is 6.01. The van der Waals surface area contributed by atoms with Gasteiger partial charge in [-0.1, -0.05) is 12.1 Å². The number of likely N-dealkylation sites (N-methyl/N-ethyl adjacent to an activating group) is 1. The molecular weight excluding hydrogens is 295 g/mol. The number of hydrogen-bond acceptors (Lipinski definition) is 3. The van der Waals surface area contributed by atoms with E-state index in [1.807, 2.05) is 24.7 Å². The zero-order valence-electron chi connectivity index (χ0n) is 13.4. The second kappa shape index (κ2) is 6.50. The van der Waals surface area contributed by atoms with E-state index in [-0.39, 0.29) is 17.8 Å². The quantitative estimate of drug-likeness (QED) is 0.936. The minimum Gasteiger partial charge on any atom is -0.337 e. The van der Waals surface area contributed by atoms with Gasteiger partial charge in [0, 0.05) is 44.4 Å². The van der Waals surface area contributed by atoms with Crippen molar-refractivity contribution >= 4 is 5.91 Å². The van der Waals surface area contributed by atoms with Gasteiger partial charge in [-0.3, -0.25) is 9.48 Å². The number of hydrogen-bond donors (Lipinski definition) is 1. The molecule has 23 heavy (non-hydrogen) atoms. The highest BCUT2D eigenvalue weighted by Crippen LogP contribution is 2.24. The molecule has 2 aromatic rings. The van der Waals surface area contributed by atoms with Crippen molar-refractivity contribution in [1.29, 1.82) is 0 Å². The van der Waals surface area contributed by atoms with Crippen LogP contribution < -0.4 is 5.32 Å². The Balaban J connectivity index is 1.81. The normalized spacial score (nSPS) is 16.9. The number of carbonyl (C=O) groups is 1. The molecule has 0 saturated carbocycles. The number of carbonyl (C=O) groups excluding carboxylic acids is 1. The van der Waals surface area contributed by atoms with E-state index >= 15 is 0 Å². The van der Waals surface area contributed by atoms with E-state index in [1.54, 1.807) is 17.2 Å². The Kier molecular flexibility index (Phi) is 4.43. The Morgan fingerprint density at radius 1 is 1.52 bits per heavy atom. The maximum Gasteiger partial charge on any atom is 0.244 e. The third-order valence-corrected chi connectivity index (χ3v) is 4.32. The highest BCUT2D eigenvalue weighted by molar-refractivity contribution is 5.83. The summed E-state index contributed by atoms with van der Waals surface area (Å²) in [5.41, 5.74) is 2.84. The van der Waals surface area contributed by atoms with Gasteiger partial charge in [0.05, 0.1) is 6.20 Å². The molecule has 1 aromatic carbocycles. The molecule has 1 N–H and O–H groups in total. The number of nitrogens with one attached hydrogen (secondary N) is 1. The molecule has 2 heterocycles. The molecular formula is C17H21FN4O. The fraction of sp³-hybridized carbons (Fsp3) is 0.412. The predicted molar refractivity (Wildman–Crippen MR) is 85.1 cm³/mol. The highest BCUT2D eigenvalue weighted by atomic mass is 19.1. The summed E-state index contributed by atoms with van der Waals surface area (Å²) < 4.78 is 15.2. The summed E-state index contributed by atoms with van der Waals surface area (Å²) in [6.45, 7) is 3.66. The first-order valence-electron chi connectivity index (χ1n) is 7.87. The molecule has 1 atom stereocenters. The number of benzene rings is 1. The molecule has 1 aliphatic rings. The number of aryl methyl sites for hydroxylation is 1. The van der Waals surface area contributed by atoms with Gasteiger partial charge >= 0.3 is 0 Å². The summed E-state index contributed by atoms with van der Waals surface area (Å²) in [6.07, 6.45) is 2.63. The second-order valence-electron chi connectivity index (χ2n) is 5.79. The van der Waals surface area contributed by atoms with Crippen molar-refractivity contribution in [2.24, 2.45) is 7.05 Å². The molecule has 3 rings (SSSR count). The van der Waals surface area contributed by atoms with Crippen molar-refractivity contribution in [3.8, 4) is 0 Å². The Labute approximate surface area is 135 Å². The van der Waals surface area contributed by atoms with E-state index in [0.717, 1.165) is 29.8 Å². The minimum atomic E-state index is -0.374. The van der Waals surface area contributed by atoms with Crippen LogP contribution in [0.25, 0.3) is 0 Å². The van der Waals surface area contributed by atoms with Crippen LogP contribution in [0.15, 0.2) is 30.5 Å². The van der Waals surface area contributed by atoms with Gasteiger partial charge in [-0.05, 0) is 24.6 Å². The lowest BCUT2D eigenvalue weighted by molar-refractivity contribution is -0.134. The van der Waals surface area contributed by atoms with Gasteiger partial charge in [0.25, 0.3) is 0 Å². The fourth-order valence-corrected chi connectivity index (χ4v) is 3.08. The molecule has 0 radical (unpaired) electrons. The van der Waals surface area contributed by atoms with Crippen LogP contribution in [0, 0.1) is 5.82 Å². The first-order chi connectivity index (χ1) is 11.1. The van der Waals surface area contributed by atoms with Crippen LogP contribution in [0.4, 0.5) is 4.39 Å². The van der Waals surface area contributed by atoms with Crippen LogP contribution in [0.1, 0.15) is 29.8 Å². The van der Waals surface area contributed by atoms with Crippen LogP contribution in [0.5, 0.6) is 0 Å². The third-order valence-electron chi connectivity index (χ3n) is 4.32. The molecule has 0 bridgehead atoms. The standard InChI is InChI=1S/C17H21FN4O/c1-3-22(11-12-5-4-6-13(18)9-12)17(23)16-14-10-20-21(2)15(14)7-8-19-16/h4-6,9-10,16,19H,3,7-8,11H2,1-2H3. The van der Waals surface area contributed by atoms with Gasteiger partial charge in [-0.25, -0.2) is 4.39 Å². The Morgan fingerprint density at radius 3 is 3.09 bits per heavy atom. The molecule has 1 unspecified atom stereocenters. The molecule has 0 saturated heterocycles. The summed E-state index contributed by atoms with van der Waals surface area (Å²) in [7, 11) is 1.90. The first-order valence-corrected chi connectivity index (χ1v) is 7.87. The lowest BCUT2D eigenvalue weighted by Gasteiger charge is -2.29. The van der Waals surface area contributed by atoms with Crippen molar-refractivity contribution in [1.82, 2.24) is 20.0 Å². The van der Waals surface area contributed by atoms with E-state index in [2.05, 4.69) is 10.4 Å². The smallest absolute Gasteiger partial charge is 0.244 e. The predicted octanol–water partition coefficient (Wildman–Crippen LogP) is 1.79. The second-order valence-corrected chi connectivity index (χ2v) is 5.79. The Bertz CT molecular complexity index is 712. The van der Waals surface area contributed by atoms with Crippen LogP contribution in [0.3, 0.4) is 0 Å². The number of aromatic nitrogens is 2. The molecule has 6 heteroatoms. The van der Waals surface area contributed by atoms with E-state index in [0.29, 0.717) is 13.1 Å². The van der Waals surface area contributed by atoms with Crippen molar-refractivity contribution in [3.05, 3.63) is 53.1 Å². The number of halogens is 1. The largest absolute Gasteiger partial charge is 0.337 e. The van der Waals surface area contributed by atoms with Gasteiger partial charge in [0.2, 0.25) is 5.91 Å². The summed E-state index contributed by atoms with van der Waals surface area (Å²) in [5, 5.41) is 7.55. The number of amides is 1. The summed E-state index contributed by atoms with van der Waals surface area (Å²) >= 11 is 0. The Hall–Kier alpha value is -2.21. The third kappa shape index (κ3) is 3.12. The van der Waals surface area contributed by atoms with Crippen molar-refractivity contribution in [2.75, 3.05) is 13.1 Å². The lowest BCUT2D eigenvalue weighted by atomic mass is 10.00. The maximum atomic E-state index is 13.4. The molecule has 1 amide bonds. The monoisotopic (exact) mass is 316 g/mol. The van der Waals surface area contributed by atoms with Crippen molar-refractivity contribution < 1.29 is 9.18 Å². The molecule has 1 aromatic heterocycles. The average molecular weight is 316 g/mol. The molecule has 1 aliphatic heterocycles.